The monoisotopic (exact) mass is 353 g/mol. The van der Waals surface area contributed by atoms with E-state index in [9.17, 15) is 18.0 Å². The fourth-order valence-electron chi connectivity index (χ4n) is 1.99. The first kappa shape index (κ1) is 17.7. The Morgan fingerprint density at radius 2 is 1.79 bits per heavy atom. The highest BCUT2D eigenvalue weighted by Gasteiger charge is 2.30. The summed E-state index contributed by atoms with van der Waals surface area (Å²) < 4.78 is 38.0. The highest BCUT2D eigenvalue weighted by molar-refractivity contribution is 6.29. The molecule has 7 heteroatoms. The summed E-state index contributed by atoms with van der Waals surface area (Å²) in [5.41, 5.74) is 0.843. The maximum atomic E-state index is 12.7. The minimum atomic E-state index is -4.43. The summed E-state index contributed by atoms with van der Waals surface area (Å²) in [6.07, 6.45) is 0.737. The van der Waals surface area contributed by atoms with Crippen LogP contribution >= 0.6 is 11.6 Å². The van der Waals surface area contributed by atoms with Crippen molar-refractivity contribution < 1.29 is 23.1 Å². The van der Waals surface area contributed by atoms with Crippen LogP contribution in [0.3, 0.4) is 0 Å². The maximum Gasteiger partial charge on any atom is 0.416 e. The van der Waals surface area contributed by atoms with Crippen LogP contribution in [0.5, 0.6) is 0 Å². The van der Waals surface area contributed by atoms with E-state index in [0.717, 1.165) is 18.2 Å². The van der Waals surface area contributed by atoms with Gasteiger partial charge in [0.15, 0.2) is 0 Å². The number of carboxylic acids is 1. The molecule has 0 aliphatic rings. The average Bonchev–Trinajstić information content (AvgIpc) is 2.50. The molecule has 3 nitrogen and oxygen atoms in total. The van der Waals surface area contributed by atoms with Crippen molar-refractivity contribution in [3.8, 4) is 0 Å². The van der Waals surface area contributed by atoms with E-state index in [1.807, 2.05) is 0 Å². The maximum absolute atomic E-state index is 12.7. The van der Waals surface area contributed by atoms with Crippen LogP contribution in [0.2, 0.25) is 5.15 Å². The zero-order valence-electron chi connectivity index (χ0n) is 12.1. The van der Waals surface area contributed by atoms with E-state index < -0.39 is 17.7 Å². The molecule has 124 valence electrons. The van der Waals surface area contributed by atoms with Crippen LogP contribution in [0.15, 0.2) is 60.8 Å². The summed E-state index contributed by atoms with van der Waals surface area (Å²) in [6.45, 7) is 0. The van der Waals surface area contributed by atoms with Gasteiger partial charge in [0.1, 0.15) is 5.15 Å². The normalized spacial score (nSPS) is 12.6. The van der Waals surface area contributed by atoms with Crippen molar-refractivity contribution in [2.75, 3.05) is 0 Å². The molecule has 0 aliphatic heterocycles. The van der Waals surface area contributed by atoms with E-state index in [-0.39, 0.29) is 5.15 Å². The zero-order valence-corrected chi connectivity index (χ0v) is 12.8. The molecular formula is C17H11ClF3NO2. The van der Waals surface area contributed by atoms with Gasteiger partial charge in [-0.25, -0.2) is 9.78 Å². The van der Waals surface area contributed by atoms with Gasteiger partial charge in [0.25, 0.3) is 0 Å². The highest BCUT2D eigenvalue weighted by Crippen LogP contribution is 2.31. The summed E-state index contributed by atoms with van der Waals surface area (Å²) in [5.74, 6) is -1.13. The van der Waals surface area contributed by atoms with Crippen molar-refractivity contribution in [1.82, 2.24) is 4.98 Å². The molecule has 1 aromatic heterocycles. The lowest BCUT2D eigenvalue weighted by Crippen LogP contribution is -2.04. The van der Waals surface area contributed by atoms with Crippen LogP contribution in [0.4, 0.5) is 13.2 Å². The number of rotatable bonds is 4. The molecule has 0 fully saturated rings. The quantitative estimate of drug-likeness (QED) is 0.487. The number of carbonyl (C=O) groups is 1. The molecular weight excluding hydrogens is 343 g/mol. The van der Waals surface area contributed by atoms with Gasteiger partial charge < -0.3 is 5.11 Å². The molecule has 0 spiro atoms. The second-order valence-corrected chi connectivity index (χ2v) is 5.11. The lowest BCUT2D eigenvalue weighted by Gasteiger charge is -2.11. The molecule has 0 aliphatic carbocycles. The smallest absolute Gasteiger partial charge is 0.416 e. The Hall–Kier alpha value is -2.60. The number of nitrogens with zero attached hydrogens (tertiary/aromatic N) is 1. The van der Waals surface area contributed by atoms with Gasteiger partial charge in [0, 0.05) is 12.3 Å². The lowest BCUT2D eigenvalue weighted by atomic mass is 9.97. The number of aromatic nitrogens is 1. The number of aliphatic carboxylic acids is 1. The third kappa shape index (κ3) is 4.70. The lowest BCUT2D eigenvalue weighted by molar-refractivity contribution is -0.137. The van der Waals surface area contributed by atoms with E-state index in [2.05, 4.69) is 4.98 Å². The van der Waals surface area contributed by atoms with Crippen LogP contribution in [0.25, 0.3) is 5.57 Å². The average molecular weight is 354 g/mol. The van der Waals surface area contributed by atoms with Crippen molar-refractivity contribution in [2.24, 2.45) is 0 Å². The second-order valence-electron chi connectivity index (χ2n) is 4.72. The van der Waals surface area contributed by atoms with E-state index >= 15 is 0 Å². The molecule has 0 bridgehead atoms. The Morgan fingerprint density at radius 3 is 2.33 bits per heavy atom. The minimum Gasteiger partial charge on any atom is -0.478 e. The molecule has 24 heavy (non-hydrogen) atoms. The fraction of sp³-hybridized carbons (Fsp3) is 0.0588. The summed E-state index contributed by atoms with van der Waals surface area (Å²) in [4.78, 5) is 14.4. The van der Waals surface area contributed by atoms with Gasteiger partial charge in [-0.2, -0.15) is 13.2 Å². The van der Waals surface area contributed by atoms with Gasteiger partial charge in [0.2, 0.25) is 0 Å². The molecule has 1 aromatic carbocycles. The molecule has 0 amide bonds. The summed E-state index contributed by atoms with van der Waals surface area (Å²) in [7, 11) is 0. The minimum absolute atomic E-state index is 0.215. The number of hydrogen-bond acceptors (Lipinski definition) is 2. The molecule has 0 atom stereocenters. The van der Waals surface area contributed by atoms with Crippen LogP contribution in [-0.2, 0) is 11.0 Å². The highest BCUT2D eigenvalue weighted by atomic mass is 35.5. The van der Waals surface area contributed by atoms with Crippen LogP contribution in [0, 0.1) is 0 Å². The van der Waals surface area contributed by atoms with Crippen molar-refractivity contribution in [3.63, 3.8) is 0 Å². The van der Waals surface area contributed by atoms with Crippen molar-refractivity contribution in [2.45, 2.75) is 6.18 Å². The second kappa shape index (κ2) is 7.31. The first-order chi connectivity index (χ1) is 11.3. The number of alkyl halides is 3. The van der Waals surface area contributed by atoms with Gasteiger partial charge in [0.05, 0.1) is 5.56 Å². The van der Waals surface area contributed by atoms with Gasteiger partial charge in [-0.05, 0) is 41.0 Å². The molecule has 2 aromatic rings. The summed E-state index contributed by atoms with van der Waals surface area (Å²) in [6, 6.07) is 7.73. The van der Waals surface area contributed by atoms with Gasteiger partial charge in [-0.1, -0.05) is 35.9 Å². The fourth-order valence-corrected chi connectivity index (χ4v) is 2.17. The number of carboxylic acid groups (broad SMARTS) is 1. The Kier molecular flexibility index (Phi) is 5.41. The standard InChI is InChI=1S/C17H11ClF3NO2/c18-15-10-12(8-9-22-15)14(2-1-3-16(23)24)11-4-6-13(7-5-11)17(19,20)21/h1-10H,(H,23,24)/b3-1+,14-2-. The summed E-state index contributed by atoms with van der Waals surface area (Å²) >= 11 is 5.85. The number of hydrogen-bond donors (Lipinski definition) is 1. The zero-order chi connectivity index (χ0) is 17.7. The Morgan fingerprint density at radius 1 is 1.12 bits per heavy atom. The van der Waals surface area contributed by atoms with Gasteiger partial charge >= 0.3 is 12.1 Å². The van der Waals surface area contributed by atoms with Crippen LogP contribution in [-0.4, -0.2) is 16.1 Å². The first-order valence-electron chi connectivity index (χ1n) is 6.68. The third-order valence-electron chi connectivity index (χ3n) is 3.06. The van der Waals surface area contributed by atoms with E-state index in [1.165, 1.54) is 30.5 Å². The molecule has 1 heterocycles. The molecule has 2 rings (SSSR count). The third-order valence-corrected chi connectivity index (χ3v) is 3.27. The number of benzene rings is 1. The van der Waals surface area contributed by atoms with E-state index in [4.69, 9.17) is 16.7 Å². The Balaban J connectivity index is 2.48. The van der Waals surface area contributed by atoms with Gasteiger partial charge in [-0.3, -0.25) is 0 Å². The van der Waals surface area contributed by atoms with Crippen molar-refractivity contribution in [1.29, 1.82) is 0 Å². The topological polar surface area (TPSA) is 50.2 Å². The van der Waals surface area contributed by atoms with E-state index in [0.29, 0.717) is 16.7 Å². The molecule has 1 N–H and O–H groups in total. The van der Waals surface area contributed by atoms with E-state index in [1.54, 1.807) is 12.1 Å². The number of allylic oxidation sites excluding steroid dienone is 2. The SMILES string of the molecule is O=C(O)/C=C/C=C(/c1ccc(C(F)(F)F)cc1)c1ccnc(Cl)c1. The molecule has 0 saturated carbocycles. The Labute approximate surface area is 140 Å². The van der Waals surface area contributed by atoms with Crippen LogP contribution < -0.4 is 0 Å². The molecule has 0 unspecified atom stereocenters. The number of pyridine rings is 1. The summed E-state index contributed by atoms with van der Waals surface area (Å²) in [5, 5.41) is 8.88. The van der Waals surface area contributed by atoms with Crippen molar-refractivity contribution in [3.05, 3.63) is 82.7 Å². The number of halogens is 4. The predicted octanol–water partition coefficient (Wildman–Crippen LogP) is 4.83. The Bertz CT molecular complexity index is 796. The predicted molar refractivity (Wildman–Crippen MR) is 84.5 cm³/mol. The molecule has 0 radical (unpaired) electrons. The largest absolute Gasteiger partial charge is 0.478 e. The van der Waals surface area contributed by atoms with Crippen molar-refractivity contribution >= 4 is 23.1 Å². The van der Waals surface area contributed by atoms with Gasteiger partial charge in [-0.15, -0.1) is 0 Å². The first-order valence-corrected chi connectivity index (χ1v) is 7.06. The molecule has 0 saturated heterocycles. The van der Waals surface area contributed by atoms with Crippen LogP contribution in [0.1, 0.15) is 16.7 Å².